The molecule has 0 radical (unpaired) electrons. The Kier molecular flexibility index (Phi) is 3.08. The summed E-state index contributed by atoms with van der Waals surface area (Å²) >= 11 is 0. The predicted octanol–water partition coefficient (Wildman–Crippen LogP) is 3.48. The molecule has 0 N–H and O–H groups in total. The van der Waals surface area contributed by atoms with Crippen LogP contribution in [0, 0.1) is 0 Å². The van der Waals surface area contributed by atoms with Crippen molar-refractivity contribution in [3.8, 4) is 5.75 Å². The molecule has 0 saturated carbocycles. The van der Waals surface area contributed by atoms with Crippen molar-refractivity contribution in [3.05, 3.63) is 65.2 Å². The number of nitrogens with zero attached hydrogens (tertiary/aromatic N) is 1. The van der Waals surface area contributed by atoms with Gasteiger partial charge >= 0.3 is 0 Å². The van der Waals surface area contributed by atoms with E-state index in [0.29, 0.717) is 6.04 Å². The van der Waals surface area contributed by atoms with Crippen molar-refractivity contribution in [1.82, 2.24) is 0 Å². The van der Waals surface area contributed by atoms with Gasteiger partial charge in [0, 0.05) is 11.1 Å². The minimum Gasteiger partial charge on any atom is -0.497 e. The van der Waals surface area contributed by atoms with Crippen LogP contribution >= 0.6 is 0 Å². The highest BCUT2D eigenvalue weighted by molar-refractivity contribution is 6.14. The van der Waals surface area contributed by atoms with Gasteiger partial charge in [0.1, 0.15) is 5.75 Å². The molecule has 3 rings (SSSR count). The molecule has 0 spiro atoms. The lowest BCUT2D eigenvalue weighted by Crippen LogP contribution is -2.19. The summed E-state index contributed by atoms with van der Waals surface area (Å²) in [6.07, 6.45) is 1.02. The summed E-state index contributed by atoms with van der Waals surface area (Å²) in [5.74, 6) is 0.876. The molecular formula is C17H17NO. The fourth-order valence-corrected chi connectivity index (χ4v) is 2.56. The monoisotopic (exact) mass is 251 g/mol. The molecule has 1 atom stereocenters. The first kappa shape index (κ1) is 12.0. The second kappa shape index (κ2) is 4.88. The normalized spacial score (nSPS) is 17.6. The summed E-state index contributed by atoms with van der Waals surface area (Å²) < 4.78 is 5.21. The Morgan fingerprint density at radius 2 is 1.79 bits per heavy atom. The van der Waals surface area contributed by atoms with Crippen LogP contribution in [0.3, 0.4) is 0 Å². The SMILES string of the molecule is COc1ccc(C2=NC(C)Cc3ccccc32)cc1. The maximum atomic E-state index is 5.21. The van der Waals surface area contributed by atoms with E-state index in [4.69, 9.17) is 9.73 Å². The smallest absolute Gasteiger partial charge is 0.118 e. The fraction of sp³-hybridized carbons (Fsp3) is 0.235. The topological polar surface area (TPSA) is 21.6 Å². The Balaban J connectivity index is 2.07. The van der Waals surface area contributed by atoms with E-state index in [2.05, 4.69) is 43.3 Å². The molecule has 2 heteroatoms. The van der Waals surface area contributed by atoms with Crippen molar-refractivity contribution >= 4 is 5.71 Å². The van der Waals surface area contributed by atoms with Crippen LogP contribution in [0.5, 0.6) is 5.75 Å². The van der Waals surface area contributed by atoms with Crippen molar-refractivity contribution < 1.29 is 4.74 Å². The molecular weight excluding hydrogens is 234 g/mol. The van der Waals surface area contributed by atoms with Crippen LogP contribution in [0.25, 0.3) is 0 Å². The lowest BCUT2D eigenvalue weighted by atomic mass is 9.91. The number of fused-ring (bicyclic) bond motifs is 1. The quantitative estimate of drug-likeness (QED) is 0.800. The molecule has 2 aromatic carbocycles. The van der Waals surface area contributed by atoms with Crippen molar-refractivity contribution in [2.24, 2.45) is 4.99 Å². The van der Waals surface area contributed by atoms with Crippen LogP contribution in [0.2, 0.25) is 0 Å². The van der Waals surface area contributed by atoms with Crippen LogP contribution in [0.1, 0.15) is 23.6 Å². The standard InChI is InChI=1S/C17H17NO/c1-12-11-14-5-3-4-6-16(14)17(18-12)13-7-9-15(19-2)10-8-13/h3-10,12H,11H2,1-2H3. The zero-order valence-electron chi connectivity index (χ0n) is 11.3. The second-order valence-electron chi connectivity index (χ2n) is 4.92. The maximum Gasteiger partial charge on any atom is 0.118 e. The van der Waals surface area contributed by atoms with E-state index in [1.165, 1.54) is 11.1 Å². The van der Waals surface area contributed by atoms with E-state index in [1.54, 1.807) is 7.11 Å². The minimum absolute atomic E-state index is 0.340. The van der Waals surface area contributed by atoms with E-state index in [1.807, 2.05) is 12.1 Å². The zero-order valence-corrected chi connectivity index (χ0v) is 11.3. The Morgan fingerprint density at radius 1 is 1.05 bits per heavy atom. The Hall–Kier alpha value is -2.09. The molecule has 2 aromatic rings. The van der Waals surface area contributed by atoms with Gasteiger partial charge in [0.05, 0.1) is 18.9 Å². The molecule has 2 nitrogen and oxygen atoms in total. The predicted molar refractivity (Wildman–Crippen MR) is 78.2 cm³/mol. The van der Waals surface area contributed by atoms with Gasteiger partial charge in [-0.2, -0.15) is 0 Å². The van der Waals surface area contributed by atoms with Gasteiger partial charge in [-0.15, -0.1) is 0 Å². The summed E-state index contributed by atoms with van der Waals surface area (Å²) in [6, 6.07) is 17.0. The summed E-state index contributed by atoms with van der Waals surface area (Å²) in [5.41, 5.74) is 4.89. The number of aliphatic imine (C=N–C) groups is 1. The first-order chi connectivity index (χ1) is 9.28. The third-order valence-corrected chi connectivity index (χ3v) is 3.50. The van der Waals surface area contributed by atoms with E-state index in [0.717, 1.165) is 23.4 Å². The van der Waals surface area contributed by atoms with E-state index >= 15 is 0 Å². The average molecular weight is 251 g/mol. The van der Waals surface area contributed by atoms with Crippen molar-refractivity contribution in [1.29, 1.82) is 0 Å². The van der Waals surface area contributed by atoms with Gasteiger partial charge in [0.25, 0.3) is 0 Å². The zero-order chi connectivity index (χ0) is 13.2. The van der Waals surface area contributed by atoms with Gasteiger partial charge in [0.15, 0.2) is 0 Å². The van der Waals surface area contributed by atoms with Crippen molar-refractivity contribution in [3.63, 3.8) is 0 Å². The minimum atomic E-state index is 0.340. The highest BCUT2D eigenvalue weighted by Gasteiger charge is 2.18. The van der Waals surface area contributed by atoms with Gasteiger partial charge in [-0.05, 0) is 43.2 Å². The van der Waals surface area contributed by atoms with Crippen LogP contribution in [0.4, 0.5) is 0 Å². The molecule has 0 amide bonds. The molecule has 96 valence electrons. The summed E-state index contributed by atoms with van der Waals surface area (Å²) in [5, 5.41) is 0. The van der Waals surface area contributed by atoms with E-state index in [9.17, 15) is 0 Å². The lowest BCUT2D eigenvalue weighted by molar-refractivity contribution is 0.415. The Labute approximate surface area is 113 Å². The van der Waals surface area contributed by atoms with Gasteiger partial charge < -0.3 is 4.74 Å². The number of hydrogen-bond donors (Lipinski definition) is 0. The Morgan fingerprint density at radius 3 is 2.53 bits per heavy atom. The highest BCUT2D eigenvalue weighted by atomic mass is 16.5. The number of methoxy groups -OCH3 is 1. The first-order valence-electron chi connectivity index (χ1n) is 6.58. The van der Waals surface area contributed by atoms with Gasteiger partial charge in [-0.3, -0.25) is 4.99 Å². The highest BCUT2D eigenvalue weighted by Crippen LogP contribution is 2.24. The third kappa shape index (κ3) is 2.26. The molecule has 0 aliphatic carbocycles. The fourth-order valence-electron chi connectivity index (χ4n) is 2.56. The van der Waals surface area contributed by atoms with Crippen LogP contribution < -0.4 is 4.74 Å². The van der Waals surface area contributed by atoms with E-state index in [-0.39, 0.29) is 0 Å². The molecule has 1 unspecified atom stereocenters. The average Bonchev–Trinajstić information content (AvgIpc) is 2.46. The molecule has 1 aliphatic rings. The first-order valence-corrected chi connectivity index (χ1v) is 6.58. The molecule has 1 heterocycles. The van der Waals surface area contributed by atoms with Gasteiger partial charge in [-0.1, -0.05) is 24.3 Å². The molecule has 1 aliphatic heterocycles. The Bertz CT molecular complexity index is 613. The van der Waals surface area contributed by atoms with E-state index < -0.39 is 0 Å². The number of ether oxygens (including phenoxy) is 1. The van der Waals surface area contributed by atoms with Gasteiger partial charge in [0.2, 0.25) is 0 Å². The largest absolute Gasteiger partial charge is 0.497 e. The third-order valence-electron chi connectivity index (χ3n) is 3.50. The number of rotatable bonds is 2. The van der Waals surface area contributed by atoms with Crippen molar-refractivity contribution in [2.45, 2.75) is 19.4 Å². The lowest BCUT2D eigenvalue weighted by Gasteiger charge is -2.21. The summed E-state index contributed by atoms with van der Waals surface area (Å²) in [6.45, 7) is 2.17. The van der Waals surface area contributed by atoms with Crippen molar-refractivity contribution in [2.75, 3.05) is 7.11 Å². The maximum absolute atomic E-state index is 5.21. The van der Waals surface area contributed by atoms with Crippen LogP contribution in [-0.4, -0.2) is 18.9 Å². The molecule has 0 bridgehead atoms. The molecule has 0 saturated heterocycles. The summed E-state index contributed by atoms with van der Waals surface area (Å²) in [7, 11) is 1.69. The number of benzene rings is 2. The van der Waals surface area contributed by atoms with Gasteiger partial charge in [-0.25, -0.2) is 0 Å². The molecule has 19 heavy (non-hydrogen) atoms. The molecule has 0 fully saturated rings. The second-order valence-corrected chi connectivity index (χ2v) is 4.92. The van der Waals surface area contributed by atoms with Crippen LogP contribution in [-0.2, 0) is 6.42 Å². The molecule has 0 aromatic heterocycles. The summed E-state index contributed by atoms with van der Waals surface area (Å²) in [4.78, 5) is 4.83. The number of hydrogen-bond acceptors (Lipinski definition) is 2. The van der Waals surface area contributed by atoms with Crippen LogP contribution in [0.15, 0.2) is 53.5 Å².